The molecule has 0 fully saturated rings. The van der Waals surface area contributed by atoms with Crippen molar-refractivity contribution in [3.63, 3.8) is 0 Å². The van der Waals surface area contributed by atoms with Gasteiger partial charge in [0.1, 0.15) is 17.4 Å². The van der Waals surface area contributed by atoms with Gasteiger partial charge in [0.25, 0.3) is 0 Å². The van der Waals surface area contributed by atoms with Gasteiger partial charge < -0.3 is 10.8 Å². The Morgan fingerprint density at radius 3 is 2.29 bits per heavy atom. The quantitative estimate of drug-likeness (QED) is 0.789. The molecule has 0 spiro atoms. The van der Waals surface area contributed by atoms with Gasteiger partial charge in [0.2, 0.25) is 0 Å². The highest BCUT2D eigenvalue weighted by atomic mass is 19.1. The Morgan fingerprint density at radius 1 is 1.36 bits per heavy atom. The summed E-state index contributed by atoms with van der Waals surface area (Å²) in [7, 11) is 0. The van der Waals surface area contributed by atoms with Gasteiger partial charge in [-0.25, -0.2) is 8.78 Å². The minimum atomic E-state index is -0.788. The van der Waals surface area contributed by atoms with Crippen LogP contribution >= 0.6 is 0 Å². The van der Waals surface area contributed by atoms with E-state index in [1.54, 1.807) is 0 Å². The van der Waals surface area contributed by atoms with Crippen LogP contribution in [0.4, 0.5) is 8.78 Å². The van der Waals surface area contributed by atoms with Crippen molar-refractivity contribution in [1.82, 2.24) is 0 Å². The zero-order valence-corrected chi connectivity index (χ0v) is 7.93. The van der Waals surface area contributed by atoms with Crippen LogP contribution in [-0.2, 0) is 0 Å². The Morgan fingerprint density at radius 2 is 1.86 bits per heavy atom. The molecule has 0 bridgehead atoms. The van der Waals surface area contributed by atoms with Gasteiger partial charge in [-0.2, -0.15) is 0 Å². The third-order valence-electron chi connectivity index (χ3n) is 2.03. The molecule has 78 valence electrons. The van der Waals surface area contributed by atoms with Gasteiger partial charge in [-0.1, -0.05) is 13.3 Å². The number of aromatic hydroxyl groups is 1. The van der Waals surface area contributed by atoms with Crippen LogP contribution in [0.3, 0.4) is 0 Å². The van der Waals surface area contributed by atoms with Crippen LogP contribution in [-0.4, -0.2) is 5.11 Å². The first kappa shape index (κ1) is 10.9. The monoisotopic (exact) mass is 201 g/mol. The molecular formula is C10H13F2NO. The topological polar surface area (TPSA) is 46.2 Å². The van der Waals surface area contributed by atoms with Gasteiger partial charge in [0.15, 0.2) is 0 Å². The van der Waals surface area contributed by atoms with Crippen molar-refractivity contribution in [2.75, 3.05) is 0 Å². The van der Waals surface area contributed by atoms with E-state index in [9.17, 15) is 8.78 Å². The highest BCUT2D eigenvalue weighted by Crippen LogP contribution is 2.25. The number of phenols is 1. The zero-order chi connectivity index (χ0) is 10.7. The van der Waals surface area contributed by atoms with E-state index in [2.05, 4.69) is 0 Å². The number of nitrogens with two attached hydrogens (primary N) is 1. The lowest BCUT2D eigenvalue weighted by atomic mass is 10.0. The molecule has 0 amide bonds. The molecule has 0 aromatic heterocycles. The molecule has 0 unspecified atom stereocenters. The van der Waals surface area contributed by atoms with Gasteiger partial charge in [-0.15, -0.1) is 0 Å². The first-order valence-corrected chi connectivity index (χ1v) is 4.49. The van der Waals surface area contributed by atoms with Crippen LogP contribution in [0.2, 0.25) is 0 Å². The molecule has 3 N–H and O–H groups in total. The van der Waals surface area contributed by atoms with E-state index in [0.29, 0.717) is 6.42 Å². The first-order chi connectivity index (χ1) is 6.56. The molecular weight excluding hydrogens is 188 g/mol. The van der Waals surface area contributed by atoms with Crippen LogP contribution in [0, 0.1) is 11.6 Å². The molecule has 2 nitrogen and oxygen atoms in total. The normalized spacial score (nSPS) is 12.9. The molecule has 0 heterocycles. The van der Waals surface area contributed by atoms with Crippen molar-refractivity contribution in [3.8, 4) is 5.75 Å². The summed E-state index contributed by atoms with van der Waals surface area (Å²) < 4.78 is 26.4. The number of phenolic OH excluding ortho intramolecular Hbond substituents is 1. The van der Waals surface area contributed by atoms with Crippen LogP contribution in [0.1, 0.15) is 31.4 Å². The van der Waals surface area contributed by atoms with Crippen LogP contribution < -0.4 is 5.73 Å². The first-order valence-electron chi connectivity index (χ1n) is 4.49. The molecule has 0 aliphatic heterocycles. The number of halogens is 2. The Balaban J connectivity index is 3.07. The second-order valence-electron chi connectivity index (χ2n) is 3.22. The van der Waals surface area contributed by atoms with E-state index in [1.807, 2.05) is 6.92 Å². The lowest BCUT2D eigenvalue weighted by Crippen LogP contribution is -2.13. The van der Waals surface area contributed by atoms with Gasteiger partial charge in [0, 0.05) is 23.7 Å². The number of hydrogen-bond donors (Lipinski definition) is 2. The fraction of sp³-hybridized carbons (Fsp3) is 0.400. The third-order valence-corrected chi connectivity index (χ3v) is 2.03. The zero-order valence-electron chi connectivity index (χ0n) is 7.93. The molecule has 14 heavy (non-hydrogen) atoms. The SMILES string of the molecule is CCC[C@@H](N)c1c(F)cc(O)cc1F. The maximum atomic E-state index is 13.2. The molecule has 1 aromatic carbocycles. The molecule has 1 atom stereocenters. The molecule has 0 aliphatic carbocycles. The predicted octanol–water partition coefficient (Wildman–Crippen LogP) is 2.47. The molecule has 0 saturated carbocycles. The summed E-state index contributed by atoms with van der Waals surface area (Å²) in [6.07, 6.45) is 1.26. The summed E-state index contributed by atoms with van der Waals surface area (Å²) in [5.41, 5.74) is 5.45. The van der Waals surface area contributed by atoms with E-state index in [0.717, 1.165) is 18.6 Å². The predicted molar refractivity (Wildman–Crippen MR) is 49.9 cm³/mol. The summed E-state index contributed by atoms with van der Waals surface area (Å²) in [4.78, 5) is 0. The highest BCUT2D eigenvalue weighted by molar-refractivity contribution is 5.31. The Bertz CT molecular complexity index is 305. The average molecular weight is 201 g/mol. The Hall–Kier alpha value is -1.16. The largest absolute Gasteiger partial charge is 0.508 e. The Labute approximate surface area is 81.4 Å². The number of hydrogen-bond acceptors (Lipinski definition) is 2. The molecule has 0 saturated heterocycles. The maximum Gasteiger partial charge on any atom is 0.134 e. The van der Waals surface area contributed by atoms with E-state index >= 15 is 0 Å². The lowest BCUT2D eigenvalue weighted by Gasteiger charge is -2.12. The average Bonchev–Trinajstić information content (AvgIpc) is 2.01. The molecule has 0 radical (unpaired) electrons. The minimum Gasteiger partial charge on any atom is -0.508 e. The second kappa shape index (κ2) is 4.37. The molecule has 1 aromatic rings. The molecule has 1 rings (SSSR count). The fourth-order valence-corrected chi connectivity index (χ4v) is 1.38. The summed E-state index contributed by atoms with van der Waals surface area (Å²) >= 11 is 0. The summed E-state index contributed by atoms with van der Waals surface area (Å²) in [5, 5.41) is 8.91. The molecule has 4 heteroatoms. The van der Waals surface area contributed by atoms with Crippen molar-refractivity contribution in [2.45, 2.75) is 25.8 Å². The van der Waals surface area contributed by atoms with Crippen molar-refractivity contribution in [3.05, 3.63) is 29.3 Å². The van der Waals surface area contributed by atoms with Gasteiger partial charge in [0.05, 0.1) is 0 Å². The third kappa shape index (κ3) is 2.20. The van der Waals surface area contributed by atoms with Gasteiger partial charge in [-0.3, -0.25) is 0 Å². The summed E-state index contributed by atoms with van der Waals surface area (Å²) in [6.45, 7) is 1.89. The van der Waals surface area contributed by atoms with Crippen molar-refractivity contribution < 1.29 is 13.9 Å². The van der Waals surface area contributed by atoms with E-state index in [-0.39, 0.29) is 5.56 Å². The van der Waals surface area contributed by atoms with Crippen LogP contribution in [0.15, 0.2) is 12.1 Å². The minimum absolute atomic E-state index is 0.148. The number of benzene rings is 1. The summed E-state index contributed by atoms with van der Waals surface area (Å²) in [5.74, 6) is -2.00. The van der Waals surface area contributed by atoms with Crippen molar-refractivity contribution in [2.24, 2.45) is 5.73 Å². The standard InChI is InChI=1S/C10H13F2NO/c1-2-3-9(13)10-7(11)4-6(14)5-8(10)12/h4-5,9,14H,2-3,13H2,1H3/t9-/m1/s1. The Kier molecular flexibility index (Phi) is 3.41. The van der Waals surface area contributed by atoms with Crippen LogP contribution in [0.5, 0.6) is 5.75 Å². The smallest absolute Gasteiger partial charge is 0.134 e. The second-order valence-corrected chi connectivity index (χ2v) is 3.22. The lowest BCUT2D eigenvalue weighted by molar-refractivity contribution is 0.449. The van der Waals surface area contributed by atoms with Gasteiger partial charge >= 0.3 is 0 Å². The van der Waals surface area contributed by atoms with Gasteiger partial charge in [-0.05, 0) is 6.42 Å². The van der Waals surface area contributed by atoms with E-state index in [4.69, 9.17) is 10.8 Å². The number of rotatable bonds is 3. The molecule has 0 aliphatic rings. The van der Waals surface area contributed by atoms with E-state index in [1.165, 1.54) is 0 Å². The fourth-order valence-electron chi connectivity index (χ4n) is 1.38. The van der Waals surface area contributed by atoms with Crippen molar-refractivity contribution >= 4 is 0 Å². The van der Waals surface area contributed by atoms with Crippen molar-refractivity contribution in [1.29, 1.82) is 0 Å². The van der Waals surface area contributed by atoms with Crippen LogP contribution in [0.25, 0.3) is 0 Å². The highest BCUT2D eigenvalue weighted by Gasteiger charge is 2.16. The maximum absolute atomic E-state index is 13.2. The summed E-state index contributed by atoms with van der Waals surface area (Å²) in [6, 6.07) is 1.09. The van der Waals surface area contributed by atoms with E-state index < -0.39 is 23.4 Å².